The molecule has 9 heteroatoms. The van der Waals surface area contributed by atoms with Crippen LogP contribution in [-0.2, 0) is 14.8 Å². The highest BCUT2D eigenvalue weighted by molar-refractivity contribution is 7.89. The van der Waals surface area contributed by atoms with Gasteiger partial charge in [0.2, 0.25) is 10.0 Å². The molecular formula is C15H19F2N3O3S. The van der Waals surface area contributed by atoms with Crippen molar-refractivity contribution >= 4 is 10.0 Å². The summed E-state index contributed by atoms with van der Waals surface area (Å²) in [5.74, 6) is -2.32. The number of halogens is 2. The third-order valence-corrected chi connectivity index (χ3v) is 5.67. The van der Waals surface area contributed by atoms with E-state index in [-0.39, 0.29) is 24.4 Å². The van der Waals surface area contributed by atoms with Crippen LogP contribution in [0.5, 0.6) is 0 Å². The summed E-state index contributed by atoms with van der Waals surface area (Å²) in [5, 5.41) is 8.74. The molecule has 0 saturated carbocycles. The lowest BCUT2D eigenvalue weighted by molar-refractivity contribution is 0.0363. The Kier molecular flexibility index (Phi) is 6.62. The van der Waals surface area contributed by atoms with Crippen molar-refractivity contribution in [2.75, 3.05) is 45.9 Å². The molecule has 0 bridgehead atoms. The van der Waals surface area contributed by atoms with E-state index in [0.717, 1.165) is 16.4 Å². The summed E-state index contributed by atoms with van der Waals surface area (Å²) in [6.07, 6.45) is 0.0199. The van der Waals surface area contributed by atoms with Gasteiger partial charge in [0.05, 0.1) is 24.2 Å². The zero-order chi connectivity index (χ0) is 17.6. The minimum atomic E-state index is -4.00. The maximum atomic E-state index is 13.4. The SMILES string of the molecule is N#CCCN(CCN1CCOCC1)S(=O)(=O)c1ccc(F)c(F)c1. The lowest BCUT2D eigenvalue weighted by Gasteiger charge is -2.29. The third kappa shape index (κ3) is 4.70. The van der Waals surface area contributed by atoms with Gasteiger partial charge in [0.25, 0.3) is 0 Å². The highest BCUT2D eigenvalue weighted by Crippen LogP contribution is 2.19. The first-order valence-corrected chi connectivity index (χ1v) is 9.01. The number of morpholine rings is 1. The predicted molar refractivity (Wildman–Crippen MR) is 82.6 cm³/mol. The van der Waals surface area contributed by atoms with Crippen LogP contribution < -0.4 is 0 Å². The van der Waals surface area contributed by atoms with Crippen LogP contribution in [0.1, 0.15) is 6.42 Å². The number of rotatable bonds is 7. The Morgan fingerprint density at radius 1 is 1.21 bits per heavy atom. The van der Waals surface area contributed by atoms with Crippen LogP contribution in [0.25, 0.3) is 0 Å². The van der Waals surface area contributed by atoms with Crippen molar-refractivity contribution in [3.05, 3.63) is 29.8 Å². The van der Waals surface area contributed by atoms with Gasteiger partial charge in [0.15, 0.2) is 11.6 Å². The average Bonchev–Trinajstić information content (AvgIpc) is 2.58. The van der Waals surface area contributed by atoms with Crippen molar-refractivity contribution in [2.24, 2.45) is 0 Å². The zero-order valence-electron chi connectivity index (χ0n) is 13.1. The van der Waals surface area contributed by atoms with Gasteiger partial charge in [0.1, 0.15) is 0 Å². The van der Waals surface area contributed by atoms with E-state index in [1.54, 1.807) is 0 Å². The molecule has 1 heterocycles. The molecule has 1 fully saturated rings. The van der Waals surface area contributed by atoms with E-state index in [9.17, 15) is 17.2 Å². The molecule has 0 aliphatic carbocycles. The Bertz CT molecular complexity index is 700. The van der Waals surface area contributed by atoms with E-state index in [4.69, 9.17) is 10.00 Å². The molecule has 6 nitrogen and oxygen atoms in total. The normalized spacial score (nSPS) is 16.2. The Hall–Kier alpha value is -1.60. The van der Waals surface area contributed by atoms with Gasteiger partial charge in [-0.05, 0) is 18.2 Å². The molecule has 1 aliphatic heterocycles. The summed E-state index contributed by atoms with van der Waals surface area (Å²) in [7, 11) is -4.00. The molecule has 1 aromatic carbocycles. The van der Waals surface area contributed by atoms with Gasteiger partial charge in [0, 0.05) is 39.1 Å². The van der Waals surface area contributed by atoms with Crippen molar-refractivity contribution in [3.63, 3.8) is 0 Å². The number of nitriles is 1. The van der Waals surface area contributed by atoms with E-state index in [1.807, 2.05) is 6.07 Å². The quantitative estimate of drug-likeness (QED) is 0.731. The van der Waals surface area contributed by atoms with E-state index < -0.39 is 21.7 Å². The van der Waals surface area contributed by atoms with E-state index in [0.29, 0.717) is 38.9 Å². The van der Waals surface area contributed by atoms with Crippen molar-refractivity contribution in [3.8, 4) is 6.07 Å². The highest BCUT2D eigenvalue weighted by Gasteiger charge is 2.26. The minimum Gasteiger partial charge on any atom is -0.379 e. The van der Waals surface area contributed by atoms with Gasteiger partial charge >= 0.3 is 0 Å². The molecule has 1 aliphatic rings. The molecular weight excluding hydrogens is 340 g/mol. The van der Waals surface area contributed by atoms with E-state index in [1.165, 1.54) is 0 Å². The molecule has 2 rings (SSSR count). The largest absolute Gasteiger partial charge is 0.379 e. The van der Waals surface area contributed by atoms with Crippen molar-refractivity contribution in [2.45, 2.75) is 11.3 Å². The van der Waals surface area contributed by atoms with Gasteiger partial charge < -0.3 is 4.74 Å². The second kappa shape index (κ2) is 8.48. The highest BCUT2D eigenvalue weighted by atomic mass is 32.2. The Morgan fingerprint density at radius 2 is 1.92 bits per heavy atom. The lowest BCUT2D eigenvalue weighted by atomic mass is 10.3. The Morgan fingerprint density at radius 3 is 2.54 bits per heavy atom. The number of ether oxygens (including phenoxy) is 1. The first-order chi connectivity index (χ1) is 11.4. The number of nitrogens with zero attached hydrogens (tertiary/aromatic N) is 3. The average molecular weight is 359 g/mol. The van der Waals surface area contributed by atoms with Crippen molar-refractivity contribution in [1.82, 2.24) is 9.21 Å². The van der Waals surface area contributed by atoms with Crippen LogP contribution in [0.2, 0.25) is 0 Å². The van der Waals surface area contributed by atoms with Gasteiger partial charge in [-0.1, -0.05) is 0 Å². The van der Waals surface area contributed by atoms with E-state index >= 15 is 0 Å². The first kappa shape index (κ1) is 18.7. The Balaban J connectivity index is 2.14. The van der Waals surface area contributed by atoms with Crippen LogP contribution in [0.4, 0.5) is 8.78 Å². The number of benzene rings is 1. The minimum absolute atomic E-state index is 0.00215. The molecule has 0 unspecified atom stereocenters. The maximum Gasteiger partial charge on any atom is 0.243 e. The molecule has 1 aromatic rings. The number of sulfonamides is 1. The van der Waals surface area contributed by atoms with Crippen molar-refractivity contribution in [1.29, 1.82) is 5.26 Å². The molecule has 24 heavy (non-hydrogen) atoms. The van der Waals surface area contributed by atoms with Crippen LogP contribution in [-0.4, -0.2) is 63.6 Å². The standard InChI is InChI=1S/C15H19F2N3O3S/c16-14-3-2-13(12-15(14)17)24(21,22)20(5-1-4-18)7-6-19-8-10-23-11-9-19/h2-3,12H,1,5-11H2. The van der Waals surface area contributed by atoms with Gasteiger partial charge in [-0.3, -0.25) is 4.90 Å². The molecule has 0 N–H and O–H groups in total. The second-order valence-electron chi connectivity index (χ2n) is 5.34. The van der Waals surface area contributed by atoms with Gasteiger partial charge in [-0.2, -0.15) is 9.57 Å². The number of hydrogen-bond donors (Lipinski definition) is 0. The fraction of sp³-hybridized carbons (Fsp3) is 0.533. The van der Waals surface area contributed by atoms with Gasteiger partial charge in [-0.25, -0.2) is 17.2 Å². The molecule has 0 atom stereocenters. The molecule has 132 valence electrons. The maximum absolute atomic E-state index is 13.4. The van der Waals surface area contributed by atoms with Crippen LogP contribution in [0, 0.1) is 23.0 Å². The Labute approximate surface area is 140 Å². The fourth-order valence-corrected chi connectivity index (χ4v) is 3.84. The van der Waals surface area contributed by atoms with Crippen LogP contribution in [0.15, 0.2) is 23.1 Å². The molecule has 0 aromatic heterocycles. The van der Waals surface area contributed by atoms with Gasteiger partial charge in [-0.15, -0.1) is 0 Å². The topological polar surface area (TPSA) is 73.6 Å². The van der Waals surface area contributed by atoms with Crippen LogP contribution in [0.3, 0.4) is 0 Å². The fourth-order valence-electron chi connectivity index (χ4n) is 2.39. The predicted octanol–water partition coefficient (Wildman–Crippen LogP) is 1.20. The third-order valence-electron chi connectivity index (χ3n) is 3.77. The summed E-state index contributed by atoms with van der Waals surface area (Å²) < 4.78 is 58.1. The summed E-state index contributed by atoms with van der Waals surface area (Å²) in [5.41, 5.74) is 0. The summed E-state index contributed by atoms with van der Waals surface area (Å²) >= 11 is 0. The monoisotopic (exact) mass is 359 g/mol. The molecule has 0 spiro atoms. The zero-order valence-corrected chi connectivity index (χ0v) is 13.9. The summed E-state index contributed by atoms with van der Waals surface area (Å²) in [6, 6.07) is 4.39. The molecule has 0 radical (unpaired) electrons. The van der Waals surface area contributed by atoms with Crippen LogP contribution >= 0.6 is 0 Å². The molecule has 0 amide bonds. The van der Waals surface area contributed by atoms with E-state index in [2.05, 4.69) is 4.90 Å². The summed E-state index contributed by atoms with van der Waals surface area (Å²) in [4.78, 5) is 1.74. The number of hydrogen-bond acceptors (Lipinski definition) is 5. The molecule has 1 saturated heterocycles. The smallest absolute Gasteiger partial charge is 0.243 e. The van der Waals surface area contributed by atoms with Crippen molar-refractivity contribution < 1.29 is 21.9 Å². The first-order valence-electron chi connectivity index (χ1n) is 7.57. The summed E-state index contributed by atoms with van der Waals surface area (Å²) in [6.45, 7) is 3.25. The lowest BCUT2D eigenvalue weighted by Crippen LogP contribution is -2.43. The second-order valence-corrected chi connectivity index (χ2v) is 7.28.